The average Bonchev–Trinajstić information content (AvgIpc) is 2.33. The second kappa shape index (κ2) is 6.79. The zero-order valence-electron chi connectivity index (χ0n) is 14.6. The third-order valence-electron chi connectivity index (χ3n) is 5.44. The van der Waals surface area contributed by atoms with E-state index in [1.807, 2.05) is 0 Å². The summed E-state index contributed by atoms with van der Waals surface area (Å²) in [6.07, 6.45) is 10.4. The smallest absolute Gasteiger partial charge is 0.113 e. The molecular weight excluding hydrogens is 248 g/mol. The van der Waals surface area contributed by atoms with E-state index in [1.165, 1.54) is 38.5 Å². The standard InChI is InChI=1S/C18H36O2/c1-16(2,3)18(20-19,17(4,5)6)14-10-13-15-11-8-7-9-12-15/h15,19H,7-14H2,1-6H3. The minimum atomic E-state index is -0.478. The van der Waals surface area contributed by atoms with Crippen LogP contribution in [-0.4, -0.2) is 10.9 Å². The van der Waals surface area contributed by atoms with Crippen LogP contribution in [0.3, 0.4) is 0 Å². The molecule has 0 aromatic rings. The van der Waals surface area contributed by atoms with E-state index in [2.05, 4.69) is 41.5 Å². The van der Waals surface area contributed by atoms with Gasteiger partial charge >= 0.3 is 0 Å². The molecule has 0 atom stereocenters. The maximum absolute atomic E-state index is 9.68. The van der Waals surface area contributed by atoms with Crippen LogP contribution in [0.2, 0.25) is 0 Å². The molecule has 2 nitrogen and oxygen atoms in total. The molecular formula is C18H36O2. The Hall–Kier alpha value is -0.0800. The molecule has 0 bridgehead atoms. The van der Waals surface area contributed by atoms with Gasteiger partial charge in [0.25, 0.3) is 0 Å². The Morgan fingerprint density at radius 3 is 1.80 bits per heavy atom. The molecule has 0 aromatic carbocycles. The van der Waals surface area contributed by atoms with Crippen molar-refractivity contribution in [1.29, 1.82) is 0 Å². The topological polar surface area (TPSA) is 29.5 Å². The Balaban J connectivity index is 2.65. The molecule has 0 radical (unpaired) electrons. The fraction of sp³-hybridized carbons (Fsp3) is 1.00. The van der Waals surface area contributed by atoms with E-state index in [9.17, 15) is 5.26 Å². The lowest BCUT2D eigenvalue weighted by Gasteiger charge is -2.51. The van der Waals surface area contributed by atoms with Gasteiger partial charge in [-0.15, -0.1) is 0 Å². The highest BCUT2D eigenvalue weighted by molar-refractivity contribution is 5.00. The molecule has 1 rings (SSSR count). The monoisotopic (exact) mass is 284 g/mol. The summed E-state index contributed by atoms with van der Waals surface area (Å²) in [6.45, 7) is 13.1. The Labute approximate surface area is 126 Å². The van der Waals surface area contributed by atoms with Crippen LogP contribution in [0.1, 0.15) is 92.9 Å². The van der Waals surface area contributed by atoms with Crippen molar-refractivity contribution in [2.24, 2.45) is 16.7 Å². The van der Waals surface area contributed by atoms with Gasteiger partial charge in [0.2, 0.25) is 0 Å². The molecule has 1 aliphatic rings. The van der Waals surface area contributed by atoms with Crippen molar-refractivity contribution in [3.63, 3.8) is 0 Å². The summed E-state index contributed by atoms with van der Waals surface area (Å²) in [5.74, 6) is 0.903. The van der Waals surface area contributed by atoms with Crippen molar-refractivity contribution in [3.8, 4) is 0 Å². The normalized spacial score (nSPS) is 19.4. The molecule has 0 aliphatic heterocycles. The molecule has 0 saturated heterocycles. The van der Waals surface area contributed by atoms with Crippen molar-refractivity contribution in [1.82, 2.24) is 0 Å². The quantitative estimate of drug-likeness (QED) is 0.491. The van der Waals surface area contributed by atoms with Gasteiger partial charge in [-0.3, -0.25) is 5.26 Å². The van der Waals surface area contributed by atoms with Crippen molar-refractivity contribution < 1.29 is 10.1 Å². The van der Waals surface area contributed by atoms with E-state index >= 15 is 0 Å². The summed E-state index contributed by atoms with van der Waals surface area (Å²) in [6, 6.07) is 0. The fourth-order valence-electron chi connectivity index (χ4n) is 4.31. The predicted octanol–water partition coefficient (Wildman–Crippen LogP) is 6.06. The molecule has 2 heteroatoms. The molecule has 0 amide bonds. The van der Waals surface area contributed by atoms with E-state index < -0.39 is 5.60 Å². The van der Waals surface area contributed by atoms with Crippen LogP contribution in [0.15, 0.2) is 0 Å². The van der Waals surface area contributed by atoms with E-state index in [0.29, 0.717) is 0 Å². The molecule has 0 aromatic heterocycles. The first-order chi connectivity index (χ1) is 9.14. The van der Waals surface area contributed by atoms with Gasteiger partial charge in [0.05, 0.1) is 0 Å². The van der Waals surface area contributed by atoms with E-state index in [0.717, 1.165) is 18.8 Å². The van der Waals surface area contributed by atoms with Crippen molar-refractivity contribution in [2.75, 3.05) is 0 Å². The molecule has 0 unspecified atom stereocenters. The summed E-state index contributed by atoms with van der Waals surface area (Å²) >= 11 is 0. The Bertz CT molecular complexity index is 263. The lowest BCUT2D eigenvalue weighted by atomic mass is 9.60. The first-order valence-electron chi connectivity index (χ1n) is 8.46. The number of hydrogen-bond donors (Lipinski definition) is 1. The van der Waals surface area contributed by atoms with Crippen LogP contribution >= 0.6 is 0 Å². The van der Waals surface area contributed by atoms with Gasteiger partial charge in [-0.2, -0.15) is 0 Å². The van der Waals surface area contributed by atoms with Crippen LogP contribution < -0.4 is 0 Å². The lowest BCUT2D eigenvalue weighted by molar-refractivity contribution is -0.379. The predicted molar refractivity (Wildman–Crippen MR) is 85.8 cm³/mol. The van der Waals surface area contributed by atoms with Gasteiger partial charge < -0.3 is 0 Å². The summed E-state index contributed by atoms with van der Waals surface area (Å²) in [5, 5.41) is 9.68. The van der Waals surface area contributed by atoms with E-state index in [-0.39, 0.29) is 10.8 Å². The zero-order chi connectivity index (χ0) is 15.4. The van der Waals surface area contributed by atoms with Crippen LogP contribution in [0.5, 0.6) is 0 Å². The lowest BCUT2D eigenvalue weighted by Crippen LogP contribution is -2.54. The minimum Gasteiger partial charge on any atom is -0.251 e. The van der Waals surface area contributed by atoms with Gasteiger partial charge in [0.1, 0.15) is 5.60 Å². The summed E-state index contributed by atoms with van der Waals surface area (Å²) < 4.78 is 0. The number of hydrogen-bond acceptors (Lipinski definition) is 2. The Morgan fingerprint density at radius 2 is 1.40 bits per heavy atom. The average molecular weight is 284 g/mol. The van der Waals surface area contributed by atoms with Gasteiger partial charge in [0.15, 0.2) is 0 Å². The summed E-state index contributed by atoms with van der Waals surface area (Å²) in [5.41, 5.74) is -0.631. The number of rotatable bonds is 5. The Kier molecular flexibility index (Phi) is 6.10. The van der Waals surface area contributed by atoms with Gasteiger partial charge in [-0.05, 0) is 23.2 Å². The molecule has 1 fully saturated rings. The maximum Gasteiger partial charge on any atom is 0.113 e. The Morgan fingerprint density at radius 1 is 0.900 bits per heavy atom. The van der Waals surface area contributed by atoms with Crippen LogP contribution in [0.25, 0.3) is 0 Å². The van der Waals surface area contributed by atoms with E-state index in [1.54, 1.807) is 0 Å². The van der Waals surface area contributed by atoms with Gasteiger partial charge in [-0.1, -0.05) is 86.5 Å². The molecule has 0 heterocycles. The minimum absolute atomic E-state index is 0.0768. The fourth-order valence-corrected chi connectivity index (χ4v) is 4.31. The van der Waals surface area contributed by atoms with Gasteiger partial charge in [-0.25, -0.2) is 4.89 Å². The van der Waals surface area contributed by atoms with Crippen LogP contribution in [0, 0.1) is 16.7 Å². The third-order valence-corrected chi connectivity index (χ3v) is 5.44. The molecule has 0 spiro atoms. The van der Waals surface area contributed by atoms with Crippen molar-refractivity contribution >= 4 is 0 Å². The summed E-state index contributed by atoms with van der Waals surface area (Å²) in [7, 11) is 0. The molecule has 1 N–H and O–H groups in total. The summed E-state index contributed by atoms with van der Waals surface area (Å²) in [4.78, 5) is 5.16. The largest absolute Gasteiger partial charge is 0.251 e. The molecule has 120 valence electrons. The zero-order valence-corrected chi connectivity index (χ0v) is 14.6. The highest BCUT2D eigenvalue weighted by atomic mass is 17.1. The van der Waals surface area contributed by atoms with Crippen molar-refractivity contribution in [3.05, 3.63) is 0 Å². The molecule has 20 heavy (non-hydrogen) atoms. The van der Waals surface area contributed by atoms with Crippen LogP contribution in [-0.2, 0) is 4.89 Å². The van der Waals surface area contributed by atoms with Crippen LogP contribution in [0.4, 0.5) is 0 Å². The molecule has 1 aliphatic carbocycles. The third kappa shape index (κ3) is 3.98. The highest BCUT2D eigenvalue weighted by Crippen LogP contribution is 2.49. The highest BCUT2D eigenvalue weighted by Gasteiger charge is 2.52. The van der Waals surface area contributed by atoms with Gasteiger partial charge in [0, 0.05) is 0 Å². The first-order valence-corrected chi connectivity index (χ1v) is 8.46. The maximum atomic E-state index is 9.68. The van der Waals surface area contributed by atoms with E-state index in [4.69, 9.17) is 4.89 Å². The van der Waals surface area contributed by atoms with Crippen molar-refractivity contribution in [2.45, 2.75) is 98.5 Å². The second-order valence-corrected chi connectivity index (χ2v) is 8.81. The second-order valence-electron chi connectivity index (χ2n) is 8.81. The molecule has 1 saturated carbocycles. The SMILES string of the molecule is CC(C)(C)C(CCCC1CCCCC1)(OO)C(C)(C)C. The first kappa shape index (κ1) is 18.0.